The first-order valence-corrected chi connectivity index (χ1v) is 8.36. The third-order valence-corrected chi connectivity index (χ3v) is 4.86. The van der Waals surface area contributed by atoms with Gasteiger partial charge in [0.05, 0.1) is 11.9 Å². The van der Waals surface area contributed by atoms with E-state index < -0.39 is 48.7 Å². The standard InChI is InChI=1S/C16H17F2N7O2/c1-7-11(13(19)26)14-20-6-10(8-4-21-22-5-8)12(25(14)24-7)15(27)23-9-2-16(17,18)3-9/h4-6,9,11,14H,2-3H2,1H3,(H2,19,26)(H,21,22)(H,23,27). The van der Waals surface area contributed by atoms with E-state index in [0.717, 1.165) is 0 Å². The number of alkyl halides is 2. The van der Waals surface area contributed by atoms with Crippen LogP contribution < -0.4 is 11.1 Å². The molecule has 0 aromatic carbocycles. The fourth-order valence-electron chi connectivity index (χ4n) is 3.52. The number of primary amides is 1. The molecular weight excluding hydrogens is 360 g/mol. The van der Waals surface area contributed by atoms with Gasteiger partial charge in [-0.25, -0.2) is 13.8 Å². The topological polar surface area (TPSA) is 129 Å². The van der Waals surface area contributed by atoms with E-state index in [1.807, 2.05) is 0 Å². The van der Waals surface area contributed by atoms with Crippen LogP contribution in [0.25, 0.3) is 5.57 Å². The molecule has 4 N–H and O–H groups in total. The molecule has 0 spiro atoms. The molecule has 3 heterocycles. The normalized spacial score (nSPS) is 26.5. The molecule has 0 saturated heterocycles. The van der Waals surface area contributed by atoms with Gasteiger partial charge in [-0.15, -0.1) is 0 Å². The molecule has 0 radical (unpaired) electrons. The first-order valence-electron chi connectivity index (χ1n) is 8.36. The highest BCUT2D eigenvalue weighted by molar-refractivity contribution is 6.20. The molecule has 4 rings (SSSR count). The second-order valence-electron chi connectivity index (χ2n) is 6.84. The van der Waals surface area contributed by atoms with Gasteiger partial charge in [-0.2, -0.15) is 10.2 Å². The van der Waals surface area contributed by atoms with Gasteiger partial charge in [0.25, 0.3) is 11.8 Å². The zero-order valence-electron chi connectivity index (χ0n) is 14.3. The van der Waals surface area contributed by atoms with Gasteiger partial charge >= 0.3 is 0 Å². The van der Waals surface area contributed by atoms with Gasteiger partial charge in [0.15, 0.2) is 6.17 Å². The lowest BCUT2D eigenvalue weighted by atomic mass is 9.88. The van der Waals surface area contributed by atoms with Crippen LogP contribution >= 0.6 is 0 Å². The molecule has 2 unspecified atom stereocenters. The summed E-state index contributed by atoms with van der Waals surface area (Å²) in [5.41, 5.74) is 7.00. The highest BCUT2D eigenvalue weighted by Crippen LogP contribution is 2.38. The Labute approximate surface area is 152 Å². The highest BCUT2D eigenvalue weighted by Gasteiger charge is 2.48. The van der Waals surface area contributed by atoms with Crippen molar-refractivity contribution in [1.82, 2.24) is 20.5 Å². The summed E-state index contributed by atoms with van der Waals surface area (Å²) in [6.45, 7) is 1.63. The Morgan fingerprint density at radius 2 is 2.15 bits per heavy atom. The number of hydrogen-bond acceptors (Lipinski definition) is 6. The molecule has 1 aromatic heterocycles. The number of nitrogens with two attached hydrogens (primary N) is 1. The summed E-state index contributed by atoms with van der Waals surface area (Å²) in [5, 5.41) is 14.7. The van der Waals surface area contributed by atoms with Crippen molar-refractivity contribution in [1.29, 1.82) is 0 Å². The maximum Gasteiger partial charge on any atom is 0.270 e. The summed E-state index contributed by atoms with van der Waals surface area (Å²) < 4.78 is 26.2. The molecule has 1 saturated carbocycles. The van der Waals surface area contributed by atoms with Crippen LogP contribution in [0, 0.1) is 5.92 Å². The van der Waals surface area contributed by atoms with E-state index in [0.29, 0.717) is 16.8 Å². The lowest BCUT2D eigenvalue weighted by molar-refractivity contribution is -0.128. The van der Waals surface area contributed by atoms with E-state index >= 15 is 0 Å². The summed E-state index contributed by atoms with van der Waals surface area (Å²) in [6.07, 6.45) is 2.95. The second kappa shape index (κ2) is 5.96. The number of nitrogens with zero attached hydrogens (tertiary/aromatic N) is 4. The van der Waals surface area contributed by atoms with Crippen LogP contribution in [0.4, 0.5) is 8.78 Å². The average Bonchev–Trinajstić information content (AvgIpc) is 3.18. The quantitative estimate of drug-likeness (QED) is 0.694. The molecule has 3 aliphatic rings. The van der Waals surface area contributed by atoms with E-state index in [9.17, 15) is 18.4 Å². The molecular formula is C16H17F2N7O2. The minimum absolute atomic E-state index is 0.120. The average molecular weight is 377 g/mol. The monoisotopic (exact) mass is 377 g/mol. The molecule has 11 heteroatoms. The largest absolute Gasteiger partial charge is 0.369 e. The molecule has 2 atom stereocenters. The van der Waals surface area contributed by atoms with Crippen molar-refractivity contribution >= 4 is 29.3 Å². The fourth-order valence-corrected chi connectivity index (χ4v) is 3.52. The maximum absolute atomic E-state index is 13.1. The number of aliphatic imine (C=N–C) groups is 1. The number of hydrazone groups is 1. The van der Waals surface area contributed by atoms with Gasteiger partial charge in [-0.3, -0.25) is 19.7 Å². The van der Waals surface area contributed by atoms with E-state index in [2.05, 4.69) is 25.6 Å². The van der Waals surface area contributed by atoms with Crippen molar-refractivity contribution in [3.05, 3.63) is 23.7 Å². The predicted octanol–water partition coefficient (Wildman–Crippen LogP) is 0.238. The first-order chi connectivity index (χ1) is 12.8. The van der Waals surface area contributed by atoms with Gasteiger partial charge in [0.1, 0.15) is 11.6 Å². The molecule has 2 aliphatic heterocycles. The van der Waals surface area contributed by atoms with Gasteiger partial charge in [0, 0.05) is 42.4 Å². The number of amides is 2. The SMILES string of the molecule is CC1=NN2C(C(=O)NC3CC(F)(F)C3)=C(c3cn[nH]c3)C=NC2C1C(N)=O. The number of rotatable bonds is 4. The molecule has 1 aromatic rings. The summed E-state index contributed by atoms with van der Waals surface area (Å²) >= 11 is 0. The first kappa shape index (κ1) is 17.3. The highest BCUT2D eigenvalue weighted by atomic mass is 19.3. The lowest BCUT2D eigenvalue weighted by Crippen LogP contribution is -2.52. The number of aromatic nitrogens is 2. The summed E-state index contributed by atoms with van der Waals surface area (Å²) in [4.78, 5) is 29.0. The lowest BCUT2D eigenvalue weighted by Gasteiger charge is -2.36. The number of halogens is 2. The Bertz CT molecular complexity index is 883. The fraction of sp³-hybridized carbons (Fsp3) is 0.438. The van der Waals surface area contributed by atoms with Gasteiger partial charge in [-0.1, -0.05) is 0 Å². The van der Waals surface area contributed by atoms with Gasteiger partial charge in [-0.05, 0) is 6.92 Å². The van der Waals surface area contributed by atoms with Crippen molar-refractivity contribution in [3.8, 4) is 0 Å². The Kier molecular flexibility index (Phi) is 3.82. The van der Waals surface area contributed by atoms with E-state index in [1.165, 1.54) is 17.4 Å². The number of allylic oxidation sites excluding steroid dienone is 1. The number of carbonyl (C=O) groups is 2. The number of nitrogens with one attached hydrogen (secondary N) is 2. The summed E-state index contributed by atoms with van der Waals surface area (Å²) in [6, 6.07) is -0.623. The summed E-state index contributed by atoms with van der Waals surface area (Å²) in [7, 11) is 0. The maximum atomic E-state index is 13.1. The minimum Gasteiger partial charge on any atom is -0.369 e. The zero-order chi connectivity index (χ0) is 19.3. The Morgan fingerprint density at radius 3 is 2.74 bits per heavy atom. The number of hydrogen-bond donors (Lipinski definition) is 3. The number of carbonyl (C=O) groups excluding carboxylic acids is 2. The predicted molar refractivity (Wildman–Crippen MR) is 91.5 cm³/mol. The summed E-state index contributed by atoms with van der Waals surface area (Å²) in [5.74, 6) is -4.70. The number of H-pyrrole nitrogens is 1. The van der Waals surface area contributed by atoms with Crippen molar-refractivity contribution in [2.45, 2.75) is 37.9 Å². The van der Waals surface area contributed by atoms with Gasteiger partial charge < -0.3 is 11.1 Å². The van der Waals surface area contributed by atoms with Crippen LogP contribution in [0.3, 0.4) is 0 Å². The Hall–Kier alpha value is -3.11. The Morgan fingerprint density at radius 1 is 1.41 bits per heavy atom. The molecule has 2 amide bonds. The third-order valence-electron chi connectivity index (χ3n) is 4.86. The van der Waals surface area contributed by atoms with Crippen LogP contribution in [0.5, 0.6) is 0 Å². The Balaban J connectivity index is 1.69. The molecule has 142 valence electrons. The number of fused-ring (bicyclic) bond motifs is 1. The third kappa shape index (κ3) is 2.88. The molecule has 9 nitrogen and oxygen atoms in total. The van der Waals surface area contributed by atoms with E-state index in [4.69, 9.17) is 5.73 Å². The van der Waals surface area contributed by atoms with Crippen LogP contribution in [0.2, 0.25) is 0 Å². The van der Waals surface area contributed by atoms with E-state index in [-0.39, 0.29) is 5.70 Å². The van der Waals surface area contributed by atoms with Crippen LogP contribution in [0.1, 0.15) is 25.3 Å². The van der Waals surface area contributed by atoms with Crippen molar-refractivity contribution in [3.63, 3.8) is 0 Å². The van der Waals surface area contributed by atoms with E-state index in [1.54, 1.807) is 13.1 Å². The van der Waals surface area contributed by atoms with Crippen LogP contribution in [-0.4, -0.2) is 57.1 Å². The van der Waals surface area contributed by atoms with Crippen LogP contribution in [0.15, 0.2) is 28.2 Å². The molecule has 27 heavy (non-hydrogen) atoms. The van der Waals surface area contributed by atoms with Crippen molar-refractivity contribution in [2.75, 3.05) is 0 Å². The molecule has 1 fully saturated rings. The van der Waals surface area contributed by atoms with Gasteiger partial charge in [0.2, 0.25) is 5.91 Å². The molecule has 0 bridgehead atoms. The van der Waals surface area contributed by atoms with Crippen molar-refractivity contribution in [2.24, 2.45) is 21.7 Å². The second-order valence-corrected chi connectivity index (χ2v) is 6.84. The smallest absolute Gasteiger partial charge is 0.270 e. The zero-order valence-corrected chi connectivity index (χ0v) is 14.3. The number of aromatic amines is 1. The van der Waals surface area contributed by atoms with Crippen molar-refractivity contribution < 1.29 is 18.4 Å². The minimum atomic E-state index is -2.75. The molecule has 1 aliphatic carbocycles. The van der Waals surface area contributed by atoms with Crippen LogP contribution in [-0.2, 0) is 9.59 Å².